The van der Waals surface area contributed by atoms with Gasteiger partial charge in [0.2, 0.25) is 0 Å². The number of hydrogen-bond donors (Lipinski definition) is 0. The van der Waals surface area contributed by atoms with E-state index in [1.807, 2.05) is 24.4 Å². The van der Waals surface area contributed by atoms with Gasteiger partial charge < -0.3 is 4.34 Å². The molecule has 4 nitrogen and oxygen atoms in total. The molecule has 0 amide bonds. The summed E-state index contributed by atoms with van der Waals surface area (Å²) in [7, 11) is 5.44. The van der Waals surface area contributed by atoms with Crippen molar-refractivity contribution in [2.24, 2.45) is 5.92 Å². The highest BCUT2D eigenvalue weighted by atomic mass is 31.0. The standard InChI is InChI=1S/C13H18N4P2.C2H6/c1-9(10-3-2-5-16(18)7-10)12-11-4-6-17(19)13(11)15-8-14-12;1-2/h4,6,8,10H,1-3,5,7,18-19H2;1-2H3. The molecule has 2 aromatic rings. The topological polar surface area (TPSA) is 34.0 Å². The molecule has 0 aliphatic carbocycles. The van der Waals surface area contributed by atoms with Crippen LogP contribution in [0.25, 0.3) is 16.6 Å². The first-order valence-electron chi connectivity index (χ1n) is 7.43. The van der Waals surface area contributed by atoms with E-state index in [2.05, 4.69) is 46.1 Å². The van der Waals surface area contributed by atoms with Gasteiger partial charge in [-0.05, 0) is 39.8 Å². The van der Waals surface area contributed by atoms with Crippen LogP contribution in [0.5, 0.6) is 0 Å². The Morgan fingerprint density at radius 1 is 1.33 bits per heavy atom. The van der Waals surface area contributed by atoms with Crippen LogP contribution in [0.4, 0.5) is 0 Å². The van der Waals surface area contributed by atoms with Crippen molar-refractivity contribution in [2.75, 3.05) is 13.1 Å². The lowest BCUT2D eigenvalue weighted by molar-refractivity contribution is 0.331. The Morgan fingerprint density at radius 2 is 2.10 bits per heavy atom. The molecule has 1 aliphatic heterocycles. The minimum absolute atomic E-state index is 0.484. The van der Waals surface area contributed by atoms with E-state index < -0.39 is 0 Å². The van der Waals surface area contributed by atoms with E-state index in [1.54, 1.807) is 6.33 Å². The molecule has 2 aromatic heterocycles. The van der Waals surface area contributed by atoms with E-state index in [1.165, 1.54) is 12.8 Å². The average Bonchev–Trinajstić information content (AvgIpc) is 2.90. The van der Waals surface area contributed by atoms with Crippen molar-refractivity contribution in [2.45, 2.75) is 26.7 Å². The maximum Gasteiger partial charge on any atom is 0.146 e. The predicted octanol–water partition coefficient (Wildman–Crippen LogP) is 3.61. The van der Waals surface area contributed by atoms with Gasteiger partial charge in [0.05, 0.1) is 5.69 Å². The van der Waals surface area contributed by atoms with E-state index in [-0.39, 0.29) is 0 Å². The van der Waals surface area contributed by atoms with Crippen LogP contribution < -0.4 is 0 Å². The maximum atomic E-state index is 4.46. The number of nitrogens with zero attached hydrogens (tertiary/aromatic N) is 4. The third-order valence-electron chi connectivity index (χ3n) is 3.76. The van der Waals surface area contributed by atoms with Gasteiger partial charge in [-0.1, -0.05) is 29.8 Å². The summed E-state index contributed by atoms with van der Waals surface area (Å²) >= 11 is 0. The number of aromatic nitrogens is 3. The van der Waals surface area contributed by atoms with Gasteiger partial charge in [-0.15, -0.1) is 0 Å². The van der Waals surface area contributed by atoms with Crippen molar-refractivity contribution in [3.8, 4) is 0 Å². The van der Waals surface area contributed by atoms with Gasteiger partial charge in [-0.2, -0.15) is 0 Å². The first kappa shape index (κ1) is 16.5. The molecule has 0 bridgehead atoms. The summed E-state index contributed by atoms with van der Waals surface area (Å²) in [6.45, 7) is 10.5. The van der Waals surface area contributed by atoms with Gasteiger partial charge in [0.25, 0.3) is 0 Å². The van der Waals surface area contributed by atoms with E-state index in [9.17, 15) is 0 Å². The Bertz CT molecular complexity index is 623. The fourth-order valence-electron chi connectivity index (χ4n) is 2.71. The smallest absolute Gasteiger partial charge is 0.146 e. The zero-order valence-electron chi connectivity index (χ0n) is 12.8. The molecule has 3 heterocycles. The summed E-state index contributed by atoms with van der Waals surface area (Å²) < 4.78 is 4.23. The zero-order valence-corrected chi connectivity index (χ0v) is 15.1. The van der Waals surface area contributed by atoms with E-state index >= 15 is 0 Å². The minimum atomic E-state index is 0.484. The summed E-state index contributed by atoms with van der Waals surface area (Å²) in [6.07, 6.45) is 6.03. The summed E-state index contributed by atoms with van der Waals surface area (Å²) in [4.78, 5) is 8.78. The lowest BCUT2D eigenvalue weighted by atomic mass is 9.89. The SMILES string of the molecule is C=C(c1ncnc2c1ccn2P)C1CCCN(P)C1.CC. The van der Waals surface area contributed by atoms with Gasteiger partial charge in [-0.3, -0.25) is 4.67 Å². The largest absolute Gasteiger partial charge is 0.317 e. The van der Waals surface area contributed by atoms with Crippen LogP contribution in [0.1, 0.15) is 32.4 Å². The molecular weight excluding hydrogens is 298 g/mol. The van der Waals surface area contributed by atoms with Crippen molar-refractivity contribution in [3.63, 3.8) is 0 Å². The average molecular weight is 322 g/mol. The Hall–Kier alpha value is -0.820. The number of fused-ring (bicyclic) bond motifs is 1. The molecule has 0 N–H and O–H groups in total. The summed E-state index contributed by atoms with van der Waals surface area (Å²) in [5.41, 5.74) is 3.07. The van der Waals surface area contributed by atoms with Crippen molar-refractivity contribution in [3.05, 3.63) is 30.9 Å². The Labute approximate surface area is 131 Å². The van der Waals surface area contributed by atoms with Gasteiger partial charge in [0.15, 0.2) is 0 Å². The van der Waals surface area contributed by atoms with Crippen molar-refractivity contribution in [1.82, 2.24) is 19.0 Å². The third-order valence-corrected chi connectivity index (χ3v) is 4.64. The molecule has 1 saturated heterocycles. The van der Waals surface area contributed by atoms with Crippen LogP contribution in [-0.2, 0) is 0 Å². The molecular formula is C15H24N4P2. The molecule has 3 rings (SSSR count). The summed E-state index contributed by atoms with van der Waals surface area (Å²) in [6, 6.07) is 2.06. The van der Waals surface area contributed by atoms with E-state index in [0.717, 1.165) is 35.4 Å². The van der Waals surface area contributed by atoms with Crippen LogP contribution in [0.2, 0.25) is 0 Å². The molecule has 0 aromatic carbocycles. The fourth-order valence-corrected chi connectivity index (χ4v) is 3.44. The third kappa shape index (κ3) is 3.51. The molecule has 0 radical (unpaired) electrons. The number of piperidine rings is 1. The van der Waals surface area contributed by atoms with E-state index in [0.29, 0.717) is 5.92 Å². The van der Waals surface area contributed by atoms with Crippen molar-refractivity contribution < 1.29 is 0 Å². The van der Waals surface area contributed by atoms with Crippen LogP contribution in [0.3, 0.4) is 0 Å². The van der Waals surface area contributed by atoms with Crippen LogP contribution in [0, 0.1) is 5.92 Å². The molecule has 3 unspecified atom stereocenters. The molecule has 1 aliphatic rings. The first-order valence-corrected chi connectivity index (χ1v) is 8.46. The van der Waals surface area contributed by atoms with Crippen LogP contribution in [0.15, 0.2) is 25.2 Å². The minimum Gasteiger partial charge on any atom is -0.317 e. The van der Waals surface area contributed by atoms with Gasteiger partial charge in [-0.25, -0.2) is 9.97 Å². The first-order chi connectivity index (χ1) is 10.2. The molecule has 6 heteroatoms. The van der Waals surface area contributed by atoms with Gasteiger partial charge in [0, 0.05) is 24.7 Å². The Morgan fingerprint density at radius 3 is 2.81 bits per heavy atom. The van der Waals surface area contributed by atoms with Crippen molar-refractivity contribution >= 4 is 35.4 Å². The molecule has 21 heavy (non-hydrogen) atoms. The second kappa shape index (κ2) is 7.45. The Balaban J connectivity index is 0.000000774. The van der Waals surface area contributed by atoms with Crippen molar-refractivity contribution in [1.29, 1.82) is 0 Å². The summed E-state index contributed by atoms with van der Waals surface area (Å²) in [5.74, 6) is 0.484. The second-order valence-corrected chi connectivity index (χ2v) is 6.33. The second-order valence-electron chi connectivity index (χ2n) is 5.04. The lowest BCUT2D eigenvalue weighted by Gasteiger charge is -2.30. The Kier molecular flexibility index (Phi) is 5.87. The normalized spacial score (nSPS) is 19.1. The zero-order chi connectivity index (χ0) is 15.4. The highest BCUT2D eigenvalue weighted by Gasteiger charge is 2.23. The molecule has 114 valence electrons. The number of rotatable bonds is 2. The van der Waals surface area contributed by atoms with Crippen LogP contribution >= 0.6 is 18.8 Å². The van der Waals surface area contributed by atoms with Crippen LogP contribution in [-0.4, -0.2) is 32.1 Å². The number of hydrogen-bond acceptors (Lipinski definition) is 3. The monoisotopic (exact) mass is 322 g/mol. The predicted molar refractivity (Wildman–Crippen MR) is 97.0 cm³/mol. The summed E-state index contributed by atoms with van der Waals surface area (Å²) in [5, 5.41) is 1.09. The highest BCUT2D eigenvalue weighted by Crippen LogP contribution is 2.33. The van der Waals surface area contributed by atoms with Gasteiger partial charge >= 0.3 is 0 Å². The fraction of sp³-hybridized carbons (Fsp3) is 0.467. The molecule has 0 saturated carbocycles. The highest BCUT2D eigenvalue weighted by molar-refractivity contribution is 7.14. The molecule has 0 spiro atoms. The maximum absolute atomic E-state index is 4.46. The lowest BCUT2D eigenvalue weighted by Crippen LogP contribution is -2.28. The van der Waals surface area contributed by atoms with E-state index in [4.69, 9.17) is 0 Å². The van der Waals surface area contributed by atoms with Gasteiger partial charge in [0.1, 0.15) is 12.0 Å². The quantitative estimate of drug-likeness (QED) is 0.792. The molecule has 1 fully saturated rings. The molecule has 3 atom stereocenters.